The van der Waals surface area contributed by atoms with Crippen molar-refractivity contribution in [2.45, 2.75) is 32.5 Å². The van der Waals surface area contributed by atoms with Crippen LogP contribution in [-0.2, 0) is 16.1 Å². The molecule has 25 heavy (non-hydrogen) atoms. The van der Waals surface area contributed by atoms with Gasteiger partial charge >= 0.3 is 0 Å². The number of nitrogens with one attached hydrogen (secondary N) is 1. The summed E-state index contributed by atoms with van der Waals surface area (Å²) in [6.07, 6.45) is 0. The Morgan fingerprint density at radius 3 is 2.76 bits per heavy atom. The van der Waals surface area contributed by atoms with Crippen LogP contribution in [0.25, 0.3) is 0 Å². The maximum atomic E-state index is 12.5. The van der Waals surface area contributed by atoms with Crippen LogP contribution in [0.5, 0.6) is 5.75 Å². The van der Waals surface area contributed by atoms with Crippen LogP contribution >= 0.6 is 0 Å². The lowest BCUT2D eigenvalue weighted by Gasteiger charge is -2.41. The lowest BCUT2D eigenvalue weighted by molar-refractivity contribution is -0.127. The molecule has 1 N–H and O–H groups in total. The Kier molecular flexibility index (Phi) is 7.68. The topological polar surface area (TPSA) is 54.0 Å². The molecule has 2 unspecified atom stereocenters. The molecule has 1 fully saturated rings. The van der Waals surface area contributed by atoms with Crippen LogP contribution in [-0.4, -0.2) is 74.8 Å². The van der Waals surface area contributed by atoms with Crippen LogP contribution in [0.4, 0.5) is 0 Å². The maximum Gasteiger partial charge on any atom is 0.237 e. The number of piperazine rings is 1. The van der Waals surface area contributed by atoms with Gasteiger partial charge in [0, 0.05) is 51.4 Å². The number of amides is 1. The van der Waals surface area contributed by atoms with E-state index in [1.807, 2.05) is 31.2 Å². The number of benzene rings is 1. The highest BCUT2D eigenvalue weighted by atomic mass is 16.5. The molecule has 1 saturated heterocycles. The molecule has 1 amide bonds. The first-order valence-corrected chi connectivity index (χ1v) is 8.93. The molecule has 1 heterocycles. The Morgan fingerprint density at radius 1 is 1.32 bits per heavy atom. The zero-order valence-corrected chi connectivity index (χ0v) is 15.8. The van der Waals surface area contributed by atoms with Crippen LogP contribution in [0.2, 0.25) is 0 Å². The molecule has 2 rings (SSSR count). The molecule has 6 heteroatoms. The van der Waals surface area contributed by atoms with Gasteiger partial charge in [0.2, 0.25) is 5.91 Å². The third-order valence-corrected chi connectivity index (χ3v) is 4.95. The monoisotopic (exact) mass is 349 g/mol. The summed E-state index contributed by atoms with van der Waals surface area (Å²) in [6.45, 7) is 9.13. The van der Waals surface area contributed by atoms with Crippen molar-refractivity contribution >= 4 is 5.91 Å². The summed E-state index contributed by atoms with van der Waals surface area (Å²) in [5, 5.41) is 3.04. The fourth-order valence-electron chi connectivity index (χ4n) is 3.26. The predicted molar refractivity (Wildman–Crippen MR) is 98.8 cm³/mol. The zero-order valence-electron chi connectivity index (χ0n) is 15.8. The van der Waals surface area contributed by atoms with Crippen LogP contribution in [0.15, 0.2) is 24.3 Å². The summed E-state index contributed by atoms with van der Waals surface area (Å²) in [6, 6.07) is 8.05. The average Bonchev–Trinajstić information content (AvgIpc) is 2.64. The number of ether oxygens (including phenoxy) is 2. The molecule has 0 spiro atoms. The highest BCUT2D eigenvalue weighted by Crippen LogP contribution is 2.17. The first kappa shape index (κ1) is 19.7. The predicted octanol–water partition coefficient (Wildman–Crippen LogP) is 1.35. The fraction of sp³-hybridized carbons (Fsp3) is 0.632. The van der Waals surface area contributed by atoms with Crippen molar-refractivity contribution in [3.05, 3.63) is 29.8 Å². The minimum atomic E-state index is -0.137. The van der Waals surface area contributed by atoms with E-state index in [1.54, 1.807) is 14.2 Å². The third-order valence-electron chi connectivity index (χ3n) is 4.95. The second kappa shape index (κ2) is 9.75. The van der Waals surface area contributed by atoms with Gasteiger partial charge in [-0.05, 0) is 19.9 Å². The van der Waals surface area contributed by atoms with Gasteiger partial charge in [0.15, 0.2) is 0 Å². The minimum Gasteiger partial charge on any atom is -0.496 e. The first-order valence-electron chi connectivity index (χ1n) is 8.93. The normalized spacial score (nSPS) is 20.2. The van der Waals surface area contributed by atoms with E-state index in [4.69, 9.17) is 9.47 Å². The number of nitrogens with zero attached hydrogens (tertiary/aromatic N) is 2. The molecule has 1 aromatic carbocycles. The molecule has 6 nitrogen and oxygen atoms in total. The van der Waals surface area contributed by atoms with E-state index in [1.165, 1.54) is 0 Å². The van der Waals surface area contributed by atoms with Gasteiger partial charge in [0.05, 0.1) is 19.8 Å². The van der Waals surface area contributed by atoms with Crippen LogP contribution in [0, 0.1) is 0 Å². The molecule has 0 saturated carbocycles. The van der Waals surface area contributed by atoms with Gasteiger partial charge in [-0.25, -0.2) is 0 Å². The van der Waals surface area contributed by atoms with E-state index >= 15 is 0 Å². The van der Waals surface area contributed by atoms with Crippen molar-refractivity contribution in [3.8, 4) is 5.75 Å². The van der Waals surface area contributed by atoms with Gasteiger partial charge in [0.25, 0.3) is 0 Å². The Hall–Kier alpha value is -1.63. The number of para-hydroxylation sites is 1. The average molecular weight is 349 g/mol. The highest BCUT2D eigenvalue weighted by molar-refractivity contribution is 5.81. The van der Waals surface area contributed by atoms with E-state index in [0.717, 1.165) is 44.1 Å². The van der Waals surface area contributed by atoms with Crippen molar-refractivity contribution in [2.24, 2.45) is 0 Å². The van der Waals surface area contributed by atoms with E-state index in [2.05, 4.69) is 22.0 Å². The molecule has 0 aromatic heterocycles. The van der Waals surface area contributed by atoms with Gasteiger partial charge < -0.3 is 14.8 Å². The van der Waals surface area contributed by atoms with Gasteiger partial charge in [-0.1, -0.05) is 18.2 Å². The van der Waals surface area contributed by atoms with E-state index < -0.39 is 0 Å². The number of carbonyl (C=O) groups is 1. The Labute approximate surface area is 151 Å². The summed E-state index contributed by atoms with van der Waals surface area (Å²) < 4.78 is 10.5. The minimum absolute atomic E-state index is 0.0587. The van der Waals surface area contributed by atoms with Crippen molar-refractivity contribution in [1.82, 2.24) is 15.1 Å². The molecule has 1 aliphatic rings. The molecular formula is C19H31N3O3. The van der Waals surface area contributed by atoms with Crippen molar-refractivity contribution < 1.29 is 14.3 Å². The third kappa shape index (κ3) is 5.42. The Balaban J connectivity index is 1.84. The van der Waals surface area contributed by atoms with Gasteiger partial charge in [0.1, 0.15) is 5.75 Å². The number of rotatable bonds is 8. The molecule has 1 aliphatic heterocycles. The van der Waals surface area contributed by atoms with E-state index in [0.29, 0.717) is 12.6 Å². The molecule has 0 bridgehead atoms. The number of methoxy groups -OCH3 is 2. The Morgan fingerprint density at radius 2 is 2.08 bits per heavy atom. The van der Waals surface area contributed by atoms with Crippen molar-refractivity contribution in [2.75, 3.05) is 47.0 Å². The SMILES string of the molecule is COCCN1CCN(C(C)C(=O)NCc2ccccc2OC)CC1C. The van der Waals surface area contributed by atoms with Gasteiger partial charge in [-0.15, -0.1) is 0 Å². The summed E-state index contributed by atoms with van der Waals surface area (Å²) in [5.41, 5.74) is 0.989. The molecule has 0 aliphatic carbocycles. The number of hydrogen-bond donors (Lipinski definition) is 1. The van der Waals surface area contributed by atoms with Gasteiger partial charge in [-0.2, -0.15) is 0 Å². The van der Waals surface area contributed by atoms with Crippen LogP contribution in [0.1, 0.15) is 19.4 Å². The summed E-state index contributed by atoms with van der Waals surface area (Å²) in [5.74, 6) is 0.860. The van der Waals surface area contributed by atoms with E-state index in [-0.39, 0.29) is 11.9 Å². The summed E-state index contributed by atoms with van der Waals surface area (Å²) >= 11 is 0. The largest absolute Gasteiger partial charge is 0.496 e. The van der Waals surface area contributed by atoms with Crippen molar-refractivity contribution in [1.29, 1.82) is 0 Å². The maximum absolute atomic E-state index is 12.5. The van der Waals surface area contributed by atoms with Crippen LogP contribution in [0.3, 0.4) is 0 Å². The lowest BCUT2D eigenvalue weighted by Crippen LogP contribution is -2.57. The first-order chi connectivity index (χ1) is 12.1. The second-order valence-corrected chi connectivity index (χ2v) is 6.58. The zero-order chi connectivity index (χ0) is 18.2. The van der Waals surface area contributed by atoms with E-state index in [9.17, 15) is 4.79 Å². The van der Waals surface area contributed by atoms with Gasteiger partial charge in [-0.3, -0.25) is 14.6 Å². The summed E-state index contributed by atoms with van der Waals surface area (Å²) in [7, 11) is 3.38. The van der Waals surface area contributed by atoms with Crippen LogP contribution < -0.4 is 10.1 Å². The number of carbonyl (C=O) groups excluding carboxylic acids is 1. The lowest BCUT2D eigenvalue weighted by atomic mass is 10.1. The highest BCUT2D eigenvalue weighted by Gasteiger charge is 2.29. The summed E-state index contributed by atoms with van der Waals surface area (Å²) in [4.78, 5) is 17.2. The quantitative estimate of drug-likeness (QED) is 0.768. The molecule has 0 radical (unpaired) electrons. The molecule has 1 aromatic rings. The molecule has 140 valence electrons. The Bertz CT molecular complexity index is 552. The van der Waals surface area contributed by atoms with Crippen molar-refractivity contribution in [3.63, 3.8) is 0 Å². The number of hydrogen-bond acceptors (Lipinski definition) is 5. The second-order valence-electron chi connectivity index (χ2n) is 6.58. The molecular weight excluding hydrogens is 318 g/mol. The molecule has 2 atom stereocenters. The fourth-order valence-corrected chi connectivity index (χ4v) is 3.26. The standard InChI is InChI=1S/C19H31N3O3/c1-15-14-22(10-9-21(15)11-12-24-3)16(2)19(23)20-13-17-7-5-6-8-18(17)25-4/h5-8,15-16H,9-14H2,1-4H3,(H,20,23). The smallest absolute Gasteiger partial charge is 0.237 e.